The first-order chi connectivity index (χ1) is 8.20. The van der Waals surface area contributed by atoms with E-state index in [2.05, 4.69) is 6.92 Å². The van der Waals surface area contributed by atoms with Gasteiger partial charge < -0.3 is 0 Å². The van der Waals surface area contributed by atoms with Crippen molar-refractivity contribution in [2.24, 2.45) is 0 Å². The smallest absolute Gasteiger partial charge is 0.123 e. The zero-order valence-corrected chi connectivity index (χ0v) is 10.4. The molecule has 0 heterocycles. The van der Waals surface area contributed by atoms with Crippen molar-refractivity contribution in [2.45, 2.75) is 19.3 Å². The number of benzene rings is 2. The Kier molecular flexibility index (Phi) is 3.80. The number of hydrogen-bond acceptors (Lipinski definition) is 0. The summed E-state index contributed by atoms with van der Waals surface area (Å²) in [4.78, 5) is 0. The molecule has 0 aliphatic heterocycles. The zero-order chi connectivity index (χ0) is 12.3. The van der Waals surface area contributed by atoms with Gasteiger partial charge in [0.25, 0.3) is 0 Å². The van der Waals surface area contributed by atoms with Gasteiger partial charge in [-0.1, -0.05) is 42.8 Å². The third kappa shape index (κ3) is 2.86. The van der Waals surface area contributed by atoms with Crippen molar-refractivity contribution >= 4 is 11.6 Å². The molecule has 2 aromatic rings. The normalized spacial score (nSPS) is 12.4. The molecule has 1 atom stereocenters. The van der Waals surface area contributed by atoms with E-state index in [9.17, 15) is 4.39 Å². The Labute approximate surface area is 106 Å². The van der Waals surface area contributed by atoms with E-state index in [0.29, 0.717) is 5.92 Å². The lowest BCUT2D eigenvalue weighted by atomic mass is 9.89. The Hall–Kier alpha value is -1.34. The van der Waals surface area contributed by atoms with Gasteiger partial charge in [0.05, 0.1) is 0 Å². The lowest BCUT2D eigenvalue weighted by Gasteiger charge is -2.16. The highest BCUT2D eigenvalue weighted by molar-refractivity contribution is 6.30. The Morgan fingerprint density at radius 3 is 1.88 bits per heavy atom. The molecular formula is C15H14ClF. The summed E-state index contributed by atoms with van der Waals surface area (Å²) in [5, 5.41) is 0.739. The van der Waals surface area contributed by atoms with Crippen LogP contribution in [0.25, 0.3) is 0 Å². The highest BCUT2D eigenvalue weighted by atomic mass is 35.5. The molecule has 0 bridgehead atoms. The van der Waals surface area contributed by atoms with Gasteiger partial charge in [0.1, 0.15) is 5.82 Å². The SMILES string of the molecule is CCC(c1ccc(F)cc1)c1ccc(Cl)cc1. The first-order valence-electron chi connectivity index (χ1n) is 5.71. The van der Waals surface area contributed by atoms with E-state index in [4.69, 9.17) is 11.6 Å². The number of rotatable bonds is 3. The van der Waals surface area contributed by atoms with Gasteiger partial charge in [-0.2, -0.15) is 0 Å². The minimum Gasteiger partial charge on any atom is -0.207 e. The van der Waals surface area contributed by atoms with Gasteiger partial charge in [0.15, 0.2) is 0 Å². The maximum absolute atomic E-state index is 12.9. The minimum absolute atomic E-state index is 0.195. The second kappa shape index (κ2) is 5.33. The molecule has 2 heteroatoms. The number of hydrogen-bond donors (Lipinski definition) is 0. The van der Waals surface area contributed by atoms with Crippen LogP contribution in [0.2, 0.25) is 5.02 Å². The van der Waals surface area contributed by atoms with Crippen molar-refractivity contribution < 1.29 is 4.39 Å². The summed E-state index contributed by atoms with van der Waals surface area (Å²) in [5.41, 5.74) is 2.35. The quantitative estimate of drug-likeness (QED) is 0.715. The van der Waals surface area contributed by atoms with E-state index >= 15 is 0 Å². The monoisotopic (exact) mass is 248 g/mol. The topological polar surface area (TPSA) is 0 Å². The molecule has 88 valence electrons. The molecule has 0 saturated heterocycles. The maximum Gasteiger partial charge on any atom is 0.123 e. The molecule has 1 unspecified atom stereocenters. The molecule has 0 fully saturated rings. The Balaban J connectivity index is 2.33. The molecule has 0 aliphatic rings. The van der Waals surface area contributed by atoms with Crippen LogP contribution in [0, 0.1) is 5.82 Å². The molecule has 17 heavy (non-hydrogen) atoms. The Morgan fingerprint density at radius 1 is 0.941 bits per heavy atom. The van der Waals surface area contributed by atoms with Crippen LogP contribution in [-0.2, 0) is 0 Å². The molecule has 0 spiro atoms. The van der Waals surface area contributed by atoms with E-state index < -0.39 is 0 Å². The molecule has 0 N–H and O–H groups in total. The molecule has 2 aromatic carbocycles. The molecule has 0 saturated carbocycles. The highest BCUT2D eigenvalue weighted by Gasteiger charge is 2.11. The van der Waals surface area contributed by atoms with E-state index in [-0.39, 0.29) is 5.82 Å². The van der Waals surface area contributed by atoms with Crippen molar-refractivity contribution in [2.75, 3.05) is 0 Å². The lowest BCUT2D eigenvalue weighted by molar-refractivity contribution is 0.625. The fraction of sp³-hybridized carbons (Fsp3) is 0.200. The fourth-order valence-corrected chi connectivity index (χ4v) is 2.18. The van der Waals surface area contributed by atoms with Gasteiger partial charge >= 0.3 is 0 Å². The van der Waals surface area contributed by atoms with E-state index in [1.54, 1.807) is 0 Å². The van der Waals surface area contributed by atoms with Crippen LogP contribution in [0.15, 0.2) is 48.5 Å². The van der Waals surface area contributed by atoms with Crippen LogP contribution in [0.1, 0.15) is 30.4 Å². The van der Waals surface area contributed by atoms with Gasteiger partial charge in [0, 0.05) is 10.9 Å². The average molecular weight is 249 g/mol. The van der Waals surface area contributed by atoms with Crippen molar-refractivity contribution in [3.8, 4) is 0 Å². The predicted octanol–water partition coefficient (Wildman–Crippen LogP) is 5.02. The van der Waals surface area contributed by atoms with E-state index in [1.165, 1.54) is 17.7 Å². The summed E-state index contributed by atoms with van der Waals surface area (Å²) >= 11 is 5.88. The maximum atomic E-state index is 12.9. The second-order valence-corrected chi connectivity index (χ2v) is 4.50. The summed E-state index contributed by atoms with van der Waals surface area (Å²) in [6.45, 7) is 2.13. The van der Waals surface area contributed by atoms with Gasteiger partial charge in [-0.25, -0.2) is 4.39 Å². The second-order valence-electron chi connectivity index (χ2n) is 4.06. The van der Waals surface area contributed by atoms with Crippen LogP contribution in [0.5, 0.6) is 0 Å². The van der Waals surface area contributed by atoms with Gasteiger partial charge in [0.2, 0.25) is 0 Å². The Bertz CT molecular complexity index is 428. The van der Waals surface area contributed by atoms with Crippen molar-refractivity contribution in [3.05, 3.63) is 70.5 Å². The first kappa shape index (κ1) is 12.1. The lowest BCUT2D eigenvalue weighted by Crippen LogP contribution is -1.99. The molecule has 0 amide bonds. The summed E-state index contributed by atoms with van der Waals surface area (Å²) in [7, 11) is 0. The third-order valence-electron chi connectivity index (χ3n) is 2.95. The molecule has 2 rings (SSSR count). The van der Waals surface area contributed by atoms with Crippen LogP contribution in [0.4, 0.5) is 4.39 Å². The first-order valence-corrected chi connectivity index (χ1v) is 6.09. The summed E-state index contributed by atoms with van der Waals surface area (Å²) in [5.74, 6) is 0.104. The van der Waals surface area contributed by atoms with E-state index in [1.807, 2.05) is 36.4 Å². The highest BCUT2D eigenvalue weighted by Crippen LogP contribution is 2.28. The van der Waals surface area contributed by atoms with Crippen molar-refractivity contribution in [3.63, 3.8) is 0 Å². The Morgan fingerprint density at radius 2 is 1.41 bits per heavy atom. The zero-order valence-electron chi connectivity index (χ0n) is 9.66. The largest absolute Gasteiger partial charge is 0.207 e. The van der Waals surface area contributed by atoms with Crippen molar-refractivity contribution in [1.29, 1.82) is 0 Å². The third-order valence-corrected chi connectivity index (χ3v) is 3.20. The van der Waals surface area contributed by atoms with Gasteiger partial charge in [-0.3, -0.25) is 0 Å². The van der Waals surface area contributed by atoms with Crippen LogP contribution in [0.3, 0.4) is 0 Å². The summed E-state index contributed by atoms with van der Waals surface area (Å²) in [6.07, 6.45) is 0.979. The molecular weight excluding hydrogens is 235 g/mol. The van der Waals surface area contributed by atoms with Crippen molar-refractivity contribution in [1.82, 2.24) is 0 Å². The van der Waals surface area contributed by atoms with E-state index in [0.717, 1.165) is 17.0 Å². The summed E-state index contributed by atoms with van der Waals surface area (Å²) in [6, 6.07) is 14.5. The number of halogens is 2. The fourth-order valence-electron chi connectivity index (χ4n) is 2.05. The van der Waals surface area contributed by atoms with Crippen LogP contribution in [-0.4, -0.2) is 0 Å². The minimum atomic E-state index is -0.195. The van der Waals surface area contributed by atoms with Crippen LogP contribution < -0.4 is 0 Å². The standard InChI is InChI=1S/C15H14ClF/c1-2-15(11-3-7-13(16)8-4-11)12-5-9-14(17)10-6-12/h3-10,15H,2H2,1H3. The van der Waals surface area contributed by atoms with Gasteiger partial charge in [-0.05, 0) is 41.8 Å². The molecule has 0 aromatic heterocycles. The predicted molar refractivity (Wildman–Crippen MR) is 70.0 cm³/mol. The van der Waals surface area contributed by atoms with Gasteiger partial charge in [-0.15, -0.1) is 0 Å². The molecule has 0 radical (unpaired) electrons. The average Bonchev–Trinajstić information content (AvgIpc) is 2.35. The molecule has 0 aliphatic carbocycles. The summed E-state index contributed by atoms with van der Waals surface area (Å²) < 4.78 is 12.9. The molecule has 0 nitrogen and oxygen atoms in total. The van der Waals surface area contributed by atoms with Crippen LogP contribution >= 0.6 is 11.6 Å².